The maximum Gasteiger partial charge on any atom is 0.305 e. The number of hydrogen-bond donors (Lipinski definition) is 2. The largest absolute Gasteiger partial charge is 0.464 e. The fourth-order valence-corrected chi connectivity index (χ4v) is 13.4. The van der Waals surface area contributed by atoms with Crippen LogP contribution in [0.3, 0.4) is 0 Å². The Labute approximate surface area is 721 Å². The number of unbranched alkanes of at least 4 members (excludes halogenated alkanes) is 44. The van der Waals surface area contributed by atoms with E-state index in [1.807, 2.05) is 28.2 Å². The predicted octanol–water partition coefficient (Wildman–Crippen LogP) is 25.1. The van der Waals surface area contributed by atoms with Crippen LogP contribution in [0.25, 0.3) is 0 Å². The Hall–Kier alpha value is -3.42. The normalized spacial score (nSPS) is 11.5. The summed E-state index contributed by atoms with van der Waals surface area (Å²) in [6, 6.07) is 0. The fraction of sp³-hybridized carbons (Fsp3) is 0.854. The molecule has 0 aliphatic heterocycles. The highest BCUT2D eigenvalue weighted by molar-refractivity contribution is 9.09. The average Bonchev–Trinajstić information content (AvgIpc) is 0.917. The van der Waals surface area contributed by atoms with Crippen molar-refractivity contribution >= 4 is 68.6 Å². The second kappa shape index (κ2) is 96.7. The number of hydrogen-bond acceptors (Lipinski definition) is 13. The summed E-state index contributed by atoms with van der Waals surface area (Å²) in [6.07, 6.45) is 86.0. The first-order valence-electron chi connectivity index (χ1n) is 47.1. The van der Waals surface area contributed by atoms with Gasteiger partial charge >= 0.3 is 23.9 Å². The average molecular weight is 1750 g/mol. The summed E-state index contributed by atoms with van der Waals surface area (Å²) in [5.74, 6) is -0.860. The van der Waals surface area contributed by atoms with Crippen molar-refractivity contribution < 1.29 is 62.4 Å². The number of allylic oxidation sites excluding steroid dienone is 8. The monoisotopic (exact) mass is 1740 g/mol. The van der Waals surface area contributed by atoms with Crippen LogP contribution in [0.1, 0.15) is 413 Å². The predicted molar refractivity (Wildman–Crippen MR) is 492 cm³/mol. The Morgan fingerprint density at radius 2 is 0.500 bits per heavy atom. The van der Waals surface area contributed by atoms with Gasteiger partial charge in [-0.1, -0.05) is 298 Å². The summed E-state index contributed by atoms with van der Waals surface area (Å²) in [5, 5.41) is 17.8. The lowest BCUT2D eigenvalue weighted by atomic mass is 10.1. The van der Waals surface area contributed by atoms with E-state index in [4.69, 9.17) is 24.1 Å². The van der Waals surface area contributed by atoms with Crippen molar-refractivity contribution in [3.8, 4) is 0 Å². The zero-order chi connectivity index (χ0) is 83.5. The summed E-state index contributed by atoms with van der Waals surface area (Å²) in [7, 11) is 8.08. The molecule has 0 aliphatic rings. The quantitative estimate of drug-likeness (QED) is 0.0146. The number of aliphatic hydroxyl groups is 2. The third kappa shape index (κ3) is 95.7. The maximum atomic E-state index is 13.2. The van der Waals surface area contributed by atoms with E-state index >= 15 is 0 Å². The van der Waals surface area contributed by atoms with Crippen molar-refractivity contribution in [3.63, 3.8) is 0 Å². The number of likely N-dealkylation sites (N-methyl/N-ethyl adjacent to an activating group) is 1. The molecule has 0 unspecified atom stereocenters. The Kier molecular flexibility index (Phi) is 99.2. The van der Waals surface area contributed by atoms with Gasteiger partial charge < -0.3 is 48.3 Å². The van der Waals surface area contributed by atoms with Gasteiger partial charge in [-0.2, -0.15) is 0 Å². The molecule has 0 rings (SSSR count). The van der Waals surface area contributed by atoms with Crippen LogP contribution >= 0.6 is 32.9 Å². The van der Waals surface area contributed by atoms with E-state index in [0.29, 0.717) is 74.4 Å². The third-order valence-electron chi connectivity index (χ3n) is 20.7. The molecule has 0 aromatic heterocycles. The summed E-state index contributed by atoms with van der Waals surface area (Å²) < 4.78 is 22.6. The van der Waals surface area contributed by atoms with Gasteiger partial charge in [-0.05, 0) is 155 Å². The molecular formula is C96H183Br2N4O12+. The molecule has 2 amide bonds. The van der Waals surface area contributed by atoms with Gasteiger partial charge in [0, 0.05) is 50.3 Å². The minimum absolute atomic E-state index is 0. The summed E-state index contributed by atoms with van der Waals surface area (Å²) in [5.41, 5.74) is 0. The second-order valence-corrected chi connectivity index (χ2v) is 33.3. The van der Waals surface area contributed by atoms with Crippen LogP contribution in [0.2, 0.25) is 0 Å². The SMILES string of the molecule is Br.CCCCCCCC/C=C\CCCCCCCC(=O)OCCN(CCOC(=O)CCCCCCC/C=C\CCCCCCCC)C(=O)CCCN(C)C.CCCCCCCC/C=C\CCCCCCCC(=O)OCCN(CCOC(=O)CCCCCCC/C=C\CCCCCCCC)C(=O)CCC[N+](C)(C)CCO.OCCBr. The highest BCUT2D eigenvalue weighted by atomic mass is 79.9. The van der Waals surface area contributed by atoms with Crippen molar-refractivity contribution in [1.82, 2.24) is 14.7 Å². The number of amides is 2. The van der Waals surface area contributed by atoms with Gasteiger partial charge in [0.05, 0.1) is 60.0 Å². The second-order valence-electron chi connectivity index (χ2n) is 32.5. The molecule has 0 saturated carbocycles. The smallest absolute Gasteiger partial charge is 0.305 e. The lowest BCUT2D eigenvalue weighted by molar-refractivity contribution is -0.890. The van der Waals surface area contributed by atoms with Crippen LogP contribution in [0.4, 0.5) is 0 Å². The maximum absolute atomic E-state index is 13.2. The zero-order valence-electron chi connectivity index (χ0n) is 75.5. The van der Waals surface area contributed by atoms with E-state index in [1.54, 1.807) is 9.80 Å². The number of esters is 4. The summed E-state index contributed by atoms with van der Waals surface area (Å²) in [4.78, 5) is 81.1. The standard InChI is InChI=1S/C48H91N2O6.C46H86N2O5.C2H5BrO.BrH/c1-5-7-9-11-13-15-17-19-21-23-25-27-29-31-33-37-47(53)55-44-39-49(46(52)36-35-41-50(3,4)42-43-51)40-45-56-48(54)38-34-32-30-28-26-24-22-20-18-16-14-12-10-8-6-2;1-5-7-9-11-13-15-17-19-21-23-25-27-29-31-33-37-45(50)52-42-40-48(44(49)36-35-39-47(3)4)41-43-53-46(51)38-34-32-30-28-26-24-22-20-18-16-14-12-10-8-6-2;3-1-2-4;/h19-22,51H,5-18,23-45H2,1-4H3;19-22H,5-18,23-43H2,1-4H3;4H,1-2H2;1H/q+1;;;/b2*21-19-,22-20-;;. The minimum atomic E-state index is -0.218. The molecule has 0 atom stereocenters. The van der Waals surface area contributed by atoms with Crippen LogP contribution in [-0.4, -0.2) is 184 Å². The van der Waals surface area contributed by atoms with Crippen LogP contribution in [0.15, 0.2) is 48.6 Å². The number of carbonyl (C=O) groups excluding carboxylic acids is 6. The summed E-state index contributed by atoms with van der Waals surface area (Å²) >= 11 is 3.00. The molecule has 0 aromatic carbocycles. The minimum Gasteiger partial charge on any atom is -0.464 e. The molecule has 0 spiro atoms. The molecule has 0 heterocycles. The molecule has 18 heteroatoms. The molecule has 672 valence electrons. The third-order valence-corrected chi connectivity index (χ3v) is 21.1. The highest BCUT2D eigenvalue weighted by Gasteiger charge is 2.20. The Bertz CT molecular complexity index is 2080. The van der Waals surface area contributed by atoms with Gasteiger partial charge in [0.25, 0.3) is 0 Å². The van der Waals surface area contributed by atoms with Gasteiger partial charge in [0.1, 0.15) is 33.0 Å². The van der Waals surface area contributed by atoms with Crippen LogP contribution in [0, 0.1) is 0 Å². The van der Waals surface area contributed by atoms with E-state index in [1.165, 1.54) is 231 Å². The van der Waals surface area contributed by atoms with E-state index in [9.17, 15) is 33.9 Å². The first-order valence-corrected chi connectivity index (χ1v) is 48.2. The Morgan fingerprint density at radius 3 is 0.711 bits per heavy atom. The topological polar surface area (TPSA) is 190 Å². The number of quaternary nitrogens is 1. The van der Waals surface area contributed by atoms with Crippen LogP contribution in [0.5, 0.6) is 0 Å². The molecule has 0 saturated heterocycles. The van der Waals surface area contributed by atoms with Crippen LogP contribution in [-0.2, 0) is 47.7 Å². The molecule has 0 fully saturated rings. The first kappa shape index (κ1) is 117. The molecular weight excluding hydrogens is 1560 g/mol. The van der Waals surface area contributed by atoms with Gasteiger partial charge in [0.15, 0.2) is 0 Å². The molecule has 114 heavy (non-hydrogen) atoms. The Balaban J connectivity index is -0.00000101. The lowest BCUT2D eigenvalue weighted by Gasteiger charge is -2.29. The molecule has 0 radical (unpaired) electrons. The van der Waals surface area contributed by atoms with Crippen molar-refractivity contribution in [2.75, 3.05) is 119 Å². The fourth-order valence-electron chi connectivity index (χ4n) is 13.4. The number of nitrogens with zero attached hydrogens (tertiary/aromatic N) is 4. The van der Waals surface area contributed by atoms with Gasteiger partial charge in [-0.25, -0.2) is 0 Å². The van der Waals surface area contributed by atoms with E-state index in [2.05, 4.69) is 97.1 Å². The number of rotatable bonds is 83. The lowest BCUT2D eigenvalue weighted by Crippen LogP contribution is -2.43. The number of aliphatic hydroxyl groups excluding tert-OH is 2. The van der Waals surface area contributed by atoms with Crippen molar-refractivity contribution in [2.24, 2.45) is 0 Å². The van der Waals surface area contributed by atoms with Crippen molar-refractivity contribution in [2.45, 2.75) is 413 Å². The number of carbonyl (C=O) groups is 6. The van der Waals surface area contributed by atoms with Gasteiger partial charge in [-0.3, -0.25) is 28.8 Å². The molecule has 0 bridgehead atoms. The van der Waals surface area contributed by atoms with E-state index in [-0.39, 0.29) is 105 Å². The zero-order valence-corrected chi connectivity index (χ0v) is 78.8. The molecule has 16 nitrogen and oxygen atoms in total. The number of alkyl halides is 1. The van der Waals surface area contributed by atoms with Gasteiger partial charge in [0.2, 0.25) is 11.8 Å². The van der Waals surface area contributed by atoms with E-state index < -0.39 is 0 Å². The number of ether oxygens (including phenoxy) is 4. The van der Waals surface area contributed by atoms with Crippen molar-refractivity contribution in [3.05, 3.63) is 48.6 Å². The highest BCUT2D eigenvalue weighted by Crippen LogP contribution is 2.17. The van der Waals surface area contributed by atoms with Crippen LogP contribution < -0.4 is 0 Å². The molecule has 0 aromatic rings. The van der Waals surface area contributed by atoms with Gasteiger partial charge in [-0.15, -0.1) is 17.0 Å². The van der Waals surface area contributed by atoms with Crippen molar-refractivity contribution in [1.29, 1.82) is 0 Å². The Morgan fingerprint density at radius 1 is 0.289 bits per heavy atom. The van der Waals surface area contributed by atoms with E-state index in [0.717, 1.165) is 122 Å². The molecule has 2 N–H and O–H groups in total. The molecule has 0 aliphatic carbocycles. The summed E-state index contributed by atoms with van der Waals surface area (Å²) in [6.45, 7) is 13.5. The first-order chi connectivity index (χ1) is 55.1. The number of halogens is 2.